The van der Waals surface area contributed by atoms with E-state index in [1.54, 1.807) is 37.6 Å². The summed E-state index contributed by atoms with van der Waals surface area (Å²) in [6, 6.07) is 22.0. The van der Waals surface area contributed by atoms with Gasteiger partial charge in [0.15, 0.2) is 6.10 Å². The van der Waals surface area contributed by atoms with Crippen molar-refractivity contribution in [3.05, 3.63) is 95.8 Å². The quantitative estimate of drug-likeness (QED) is 0.666. The van der Waals surface area contributed by atoms with E-state index < -0.39 is 12.1 Å². The van der Waals surface area contributed by atoms with Crippen LogP contribution in [0.5, 0.6) is 5.75 Å². The second kappa shape index (κ2) is 7.42. The SMILES string of the molecule is COc1cccc(C(=O)OC(c2ccccc2)c2ccccn2)c1. The average Bonchev–Trinajstić information content (AvgIpc) is 2.67. The number of pyridine rings is 1. The maximum Gasteiger partial charge on any atom is 0.339 e. The van der Waals surface area contributed by atoms with Crippen molar-refractivity contribution >= 4 is 5.97 Å². The van der Waals surface area contributed by atoms with Gasteiger partial charge in [0.05, 0.1) is 18.4 Å². The molecule has 24 heavy (non-hydrogen) atoms. The molecule has 1 unspecified atom stereocenters. The first-order valence-electron chi connectivity index (χ1n) is 7.59. The fourth-order valence-corrected chi connectivity index (χ4v) is 2.38. The number of hydrogen-bond acceptors (Lipinski definition) is 4. The summed E-state index contributed by atoms with van der Waals surface area (Å²) in [6.45, 7) is 0. The largest absolute Gasteiger partial charge is 0.497 e. The highest BCUT2D eigenvalue weighted by Crippen LogP contribution is 2.26. The number of aromatic nitrogens is 1. The Labute approximate surface area is 140 Å². The molecule has 0 N–H and O–H groups in total. The van der Waals surface area contributed by atoms with E-state index in [0.717, 1.165) is 5.56 Å². The maximum atomic E-state index is 12.6. The van der Waals surface area contributed by atoms with Crippen LogP contribution in [0.2, 0.25) is 0 Å². The molecule has 0 spiro atoms. The van der Waals surface area contributed by atoms with Gasteiger partial charge in [-0.05, 0) is 35.9 Å². The zero-order chi connectivity index (χ0) is 16.8. The molecule has 3 aromatic rings. The van der Waals surface area contributed by atoms with E-state index in [1.165, 1.54) is 0 Å². The van der Waals surface area contributed by atoms with Gasteiger partial charge >= 0.3 is 5.97 Å². The minimum atomic E-state index is -0.564. The van der Waals surface area contributed by atoms with Gasteiger partial charge in [0.1, 0.15) is 5.75 Å². The number of hydrogen-bond donors (Lipinski definition) is 0. The van der Waals surface area contributed by atoms with E-state index in [2.05, 4.69) is 4.98 Å². The van der Waals surface area contributed by atoms with Gasteiger partial charge in [-0.1, -0.05) is 42.5 Å². The lowest BCUT2D eigenvalue weighted by Crippen LogP contribution is -2.14. The van der Waals surface area contributed by atoms with Gasteiger partial charge < -0.3 is 9.47 Å². The first-order valence-corrected chi connectivity index (χ1v) is 7.59. The Kier molecular flexibility index (Phi) is 4.87. The van der Waals surface area contributed by atoms with Crippen LogP contribution in [0.15, 0.2) is 79.0 Å². The molecule has 4 heteroatoms. The van der Waals surface area contributed by atoms with E-state index in [1.807, 2.05) is 48.5 Å². The number of carbonyl (C=O) groups excluding carboxylic acids is 1. The van der Waals surface area contributed by atoms with Crippen LogP contribution in [0.25, 0.3) is 0 Å². The predicted molar refractivity (Wildman–Crippen MR) is 90.9 cm³/mol. The molecular weight excluding hydrogens is 302 g/mol. The van der Waals surface area contributed by atoms with Crippen molar-refractivity contribution in [2.45, 2.75) is 6.10 Å². The van der Waals surface area contributed by atoms with Gasteiger partial charge in [-0.25, -0.2) is 4.79 Å². The van der Waals surface area contributed by atoms with Crippen molar-refractivity contribution in [2.24, 2.45) is 0 Å². The van der Waals surface area contributed by atoms with Gasteiger partial charge in [-0.15, -0.1) is 0 Å². The second-order valence-electron chi connectivity index (χ2n) is 5.18. The van der Waals surface area contributed by atoms with Crippen molar-refractivity contribution in [1.82, 2.24) is 4.98 Å². The minimum Gasteiger partial charge on any atom is -0.497 e. The van der Waals surface area contributed by atoms with Crippen molar-refractivity contribution in [3.63, 3.8) is 0 Å². The first kappa shape index (κ1) is 15.7. The van der Waals surface area contributed by atoms with Gasteiger partial charge in [0, 0.05) is 6.20 Å². The van der Waals surface area contributed by atoms with Crippen LogP contribution in [0.3, 0.4) is 0 Å². The summed E-state index contributed by atoms with van der Waals surface area (Å²) in [7, 11) is 1.56. The minimum absolute atomic E-state index is 0.423. The van der Waals surface area contributed by atoms with E-state index >= 15 is 0 Å². The Morgan fingerprint density at radius 2 is 1.75 bits per heavy atom. The highest BCUT2D eigenvalue weighted by atomic mass is 16.5. The molecular formula is C20H17NO3. The number of methoxy groups -OCH3 is 1. The molecule has 0 aliphatic rings. The molecule has 0 aliphatic heterocycles. The number of rotatable bonds is 5. The summed E-state index contributed by atoms with van der Waals surface area (Å²) in [5, 5.41) is 0. The van der Waals surface area contributed by atoms with Gasteiger partial charge in [0.2, 0.25) is 0 Å². The third kappa shape index (κ3) is 3.60. The number of nitrogens with zero attached hydrogens (tertiary/aromatic N) is 1. The summed E-state index contributed by atoms with van der Waals surface area (Å²) >= 11 is 0. The van der Waals surface area contributed by atoms with Gasteiger partial charge in [-0.3, -0.25) is 4.98 Å². The van der Waals surface area contributed by atoms with Crippen molar-refractivity contribution in [3.8, 4) is 5.75 Å². The van der Waals surface area contributed by atoms with E-state index in [-0.39, 0.29) is 0 Å². The third-order valence-electron chi connectivity index (χ3n) is 3.59. The Balaban J connectivity index is 1.91. The molecule has 4 nitrogen and oxygen atoms in total. The van der Waals surface area contributed by atoms with Crippen LogP contribution in [-0.2, 0) is 4.74 Å². The number of ether oxygens (including phenoxy) is 2. The lowest BCUT2D eigenvalue weighted by Gasteiger charge is -2.18. The smallest absolute Gasteiger partial charge is 0.339 e. The summed E-state index contributed by atoms with van der Waals surface area (Å²) in [5.41, 5.74) is 1.98. The van der Waals surface area contributed by atoms with Crippen LogP contribution >= 0.6 is 0 Å². The molecule has 0 fully saturated rings. The van der Waals surface area contributed by atoms with Crippen molar-refractivity contribution in [2.75, 3.05) is 7.11 Å². The first-order chi connectivity index (χ1) is 11.8. The van der Waals surface area contributed by atoms with Crippen molar-refractivity contribution < 1.29 is 14.3 Å². The number of benzene rings is 2. The van der Waals surface area contributed by atoms with E-state index in [0.29, 0.717) is 17.0 Å². The fraction of sp³-hybridized carbons (Fsp3) is 0.100. The van der Waals surface area contributed by atoms with Crippen molar-refractivity contribution in [1.29, 1.82) is 0 Å². The summed E-state index contributed by atoms with van der Waals surface area (Å²) < 4.78 is 10.9. The average molecular weight is 319 g/mol. The topological polar surface area (TPSA) is 48.4 Å². The van der Waals surface area contributed by atoms with Gasteiger partial charge in [-0.2, -0.15) is 0 Å². The molecule has 1 atom stereocenters. The zero-order valence-electron chi connectivity index (χ0n) is 13.3. The number of carbonyl (C=O) groups is 1. The summed E-state index contributed by atoms with van der Waals surface area (Å²) in [4.78, 5) is 16.9. The molecule has 0 saturated carbocycles. The molecule has 3 rings (SSSR count). The highest BCUT2D eigenvalue weighted by Gasteiger charge is 2.21. The molecule has 0 amide bonds. The second-order valence-corrected chi connectivity index (χ2v) is 5.18. The highest BCUT2D eigenvalue weighted by molar-refractivity contribution is 5.90. The van der Waals surface area contributed by atoms with Crippen LogP contribution in [0, 0.1) is 0 Å². The van der Waals surface area contributed by atoms with E-state index in [4.69, 9.17) is 9.47 Å². The molecule has 1 heterocycles. The molecule has 0 bridgehead atoms. The zero-order valence-corrected chi connectivity index (χ0v) is 13.3. The molecule has 0 radical (unpaired) electrons. The van der Waals surface area contributed by atoms with E-state index in [9.17, 15) is 4.79 Å². The van der Waals surface area contributed by atoms with Crippen LogP contribution < -0.4 is 4.74 Å². The van der Waals surface area contributed by atoms with Crippen LogP contribution in [0.1, 0.15) is 27.7 Å². The van der Waals surface area contributed by atoms with Crippen LogP contribution in [0.4, 0.5) is 0 Å². The maximum absolute atomic E-state index is 12.6. The molecule has 0 aliphatic carbocycles. The standard InChI is InChI=1S/C20H17NO3/c1-23-17-11-7-10-16(14-17)20(22)24-19(15-8-3-2-4-9-15)18-12-5-6-13-21-18/h2-14,19H,1H3. The lowest BCUT2D eigenvalue weighted by molar-refractivity contribution is 0.0370. The number of esters is 1. The van der Waals surface area contributed by atoms with Crippen LogP contribution in [-0.4, -0.2) is 18.1 Å². The summed E-state index contributed by atoms with van der Waals surface area (Å²) in [6.07, 6.45) is 1.12. The molecule has 120 valence electrons. The Morgan fingerprint density at radius 1 is 0.958 bits per heavy atom. The Morgan fingerprint density at radius 3 is 2.46 bits per heavy atom. The Bertz CT molecular complexity index is 764. The van der Waals surface area contributed by atoms with Gasteiger partial charge in [0.25, 0.3) is 0 Å². The molecule has 2 aromatic carbocycles. The predicted octanol–water partition coefficient (Wildman–Crippen LogP) is 4.04. The Hall–Kier alpha value is -3.14. The monoisotopic (exact) mass is 319 g/mol. The lowest BCUT2D eigenvalue weighted by atomic mass is 10.1. The fourth-order valence-electron chi connectivity index (χ4n) is 2.38. The summed E-state index contributed by atoms with van der Waals surface area (Å²) in [5.74, 6) is 0.187. The molecule has 1 aromatic heterocycles. The normalized spacial score (nSPS) is 11.5. The molecule has 0 saturated heterocycles. The third-order valence-corrected chi connectivity index (χ3v) is 3.59.